The monoisotopic (exact) mass is 336 g/mol. The summed E-state index contributed by atoms with van der Waals surface area (Å²) in [6.45, 7) is 4.04. The summed E-state index contributed by atoms with van der Waals surface area (Å²) in [5.74, 6) is -0.785. The van der Waals surface area contributed by atoms with E-state index in [4.69, 9.17) is 22.1 Å². The summed E-state index contributed by atoms with van der Waals surface area (Å²) in [6, 6.07) is 1.95. The van der Waals surface area contributed by atoms with Crippen LogP contribution >= 0.6 is 11.6 Å². The fourth-order valence-corrected chi connectivity index (χ4v) is 4.20. The van der Waals surface area contributed by atoms with Gasteiger partial charge in [0.15, 0.2) is 0 Å². The van der Waals surface area contributed by atoms with Crippen LogP contribution in [0.3, 0.4) is 0 Å². The van der Waals surface area contributed by atoms with Crippen molar-refractivity contribution in [3.8, 4) is 0 Å². The van der Waals surface area contributed by atoms with Crippen LogP contribution in [-0.2, 0) is 21.3 Å². The van der Waals surface area contributed by atoms with Crippen LogP contribution in [0.1, 0.15) is 19.4 Å². The van der Waals surface area contributed by atoms with Gasteiger partial charge in [-0.15, -0.1) is 0 Å². The number of ether oxygens (including phenoxy) is 1. The Morgan fingerprint density at radius 3 is 2.76 bits per heavy atom. The number of benzene rings is 1. The van der Waals surface area contributed by atoms with Gasteiger partial charge in [-0.05, 0) is 31.5 Å². The second-order valence-corrected chi connectivity index (χ2v) is 7.42. The molecule has 5 nitrogen and oxygen atoms in total. The van der Waals surface area contributed by atoms with E-state index in [1.54, 1.807) is 13.8 Å². The van der Waals surface area contributed by atoms with Gasteiger partial charge in [0, 0.05) is 19.1 Å². The number of nitrogens with two attached hydrogens (primary N) is 1. The number of hydrogen-bond donors (Lipinski definition) is 1. The summed E-state index contributed by atoms with van der Waals surface area (Å²) < 4.78 is 45.9. The van der Waals surface area contributed by atoms with Crippen molar-refractivity contribution in [3.05, 3.63) is 28.5 Å². The molecule has 21 heavy (non-hydrogen) atoms. The fourth-order valence-electron chi connectivity index (χ4n) is 2.26. The van der Waals surface area contributed by atoms with Gasteiger partial charge in [-0.2, -0.15) is 4.31 Å². The maximum atomic E-state index is 13.8. The Bertz CT molecular complexity index is 639. The first-order valence-electron chi connectivity index (χ1n) is 6.58. The highest BCUT2D eigenvalue weighted by molar-refractivity contribution is 7.89. The van der Waals surface area contributed by atoms with E-state index < -0.39 is 15.8 Å². The molecule has 2 atom stereocenters. The van der Waals surface area contributed by atoms with E-state index in [-0.39, 0.29) is 40.7 Å². The van der Waals surface area contributed by atoms with E-state index in [0.29, 0.717) is 6.61 Å². The van der Waals surface area contributed by atoms with E-state index in [2.05, 4.69) is 0 Å². The molecule has 1 saturated heterocycles. The number of halogens is 2. The first kappa shape index (κ1) is 16.6. The minimum absolute atomic E-state index is 0.0336. The number of morpholine rings is 1. The van der Waals surface area contributed by atoms with Gasteiger partial charge in [0.05, 0.1) is 22.6 Å². The van der Waals surface area contributed by atoms with Gasteiger partial charge in [-0.3, -0.25) is 0 Å². The van der Waals surface area contributed by atoms with E-state index in [9.17, 15) is 12.8 Å². The zero-order chi connectivity index (χ0) is 15.8. The molecule has 0 aromatic heterocycles. The molecule has 2 rings (SSSR count). The predicted octanol–water partition coefficient (Wildman–Crippen LogP) is 1.74. The van der Waals surface area contributed by atoms with Crippen LogP contribution in [0.2, 0.25) is 5.02 Å². The van der Waals surface area contributed by atoms with Crippen LogP contribution in [0, 0.1) is 5.82 Å². The summed E-state index contributed by atoms with van der Waals surface area (Å²) in [5, 5.41) is -0.139. The molecule has 0 saturated carbocycles. The highest BCUT2D eigenvalue weighted by Crippen LogP contribution is 2.28. The number of rotatable bonds is 3. The van der Waals surface area contributed by atoms with Crippen molar-refractivity contribution >= 4 is 21.6 Å². The highest BCUT2D eigenvalue weighted by Gasteiger charge is 2.34. The molecule has 1 heterocycles. The molecule has 0 amide bonds. The third-order valence-electron chi connectivity index (χ3n) is 3.45. The van der Waals surface area contributed by atoms with Gasteiger partial charge in [0.1, 0.15) is 5.82 Å². The minimum atomic E-state index is -3.82. The van der Waals surface area contributed by atoms with Crippen molar-refractivity contribution in [1.82, 2.24) is 4.31 Å². The van der Waals surface area contributed by atoms with Crippen LogP contribution in [0.4, 0.5) is 4.39 Å². The molecule has 1 aliphatic heterocycles. The maximum absolute atomic E-state index is 13.8. The summed E-state index contributed by atoms with van der Waals surface area (Å²) in [5.41, 5.74) is 5.75. The van der Waals surface area contributed by atoms with E-state index in [0.717, 1.165) is 6.07 Å². The van der Waals surface area contributed by atoms with E-state index in [1.165, 1.54) is 10.4 Å². The molecule has 2 N–H and O–H groups in total. The smallest absolute Gasteiger partial charge is 0.243 e. The Balaban J connectivity index is 2.46. The Morgan fingerprint density at radius 1 is 1.48 bits per heavy atom. The molecule has 0 spiro atoms. The lowest BCUT2D eigenvalue weighted by molar-refractivity contribution is -0.0170. The lowest BCUT2D eigenvalue weighted by atomic mass is 10.2. The molecular formula is C13H18ClFN2O3S. The molecule has 1 aliphatic rings. The van der Waals surface area contributed by atoms with Gasteiger partial charge in [0.2, 0.25) is 10.0 Å². The van der Waals surface area contributed by atoms with Crippen LogP contribution < -0.4 is 5.73 Å². The Hall–Kier alpha value is -0.730. The second-order valence-electron chi connectivity index (χ2n) is 5.15. The summed E-state index contributed by atoms with van der Waals surface area (Å²) in [4.78, 5) is -0.134. The second kappa shape index (κ2) is 6.18. The molecule has 2 unspecified atom stereocenters. The Morgan fingerprint density at radius 2 is 2.14 bits per heavy atom. The van der Waals surface area contributed by atoms with Crippen LogP contribution in [0.25, 0.3) is 0 Å². The molecule has 1 aromatic rings. The molecule has 118 valence electrons. The summed E-state index contributed by atoms with van der Waals surface area (Å²) >= 11 is 5.77. The first-order valence-corrected chi connectivity index (χ1v) is 8.40. The highest BCUT2D eigenvalue weighted by atomic mass is 35.5. The van der Waals surface area contributed by atoms with Crippen LogP contribution in [0.15, 0.2) is 17.0 Å². The van der Waals surface area contributed by atoms with Crippen molar-refractivity contribution in [2.75, 3.05) is 13.2 Å². The minimum Gasteiger partial charge on any atom is -0.375 e. The lowest BCUT2D eigenvalue weighted by Gasteiger charge is -2.35. The zero-order valence-corrected chi connectivity index (χ0v) is 13.4. The molecule has 1 aromatic carbocycles. The number of hydrogen-bond acceptors (Lipinski definition) is 4. The zero-order valence-electron chi connectivity index (χ0n) is 11.8. The van der Waals surface area contributed by atoms with Crippen molar-refractivity contribution in [2.24, 2.45) is 5.73 Å². The molecular weight excluding hydrogens is 319 g/mol. The van der Waals surface area contributed by atoms with Gasteiger partial charge in [0.25, 0.3) is 0 Å². The lowest BCUT2D eigenvalue weighted by Crippen LogP contribution is -2.50. The molecule has 0 aliphatic carbocycles. The van der Waals surface area contributed by atoms with Crippen LogP contribution in [0.5, 0.6) is 0 Å². The quantitative estimate of drug-likeness (QED) is 0.912. The van der Waals surface area contributed by atoms with Crippen molar-refractivity contribution in [2.45, 2.75) is 37.4 Å². The van der Waals surface area contributed by atoms with E-state index >= 15 is 0 Å². The van der Waals surface area contributed by atoms with Gasteiger partial charge >= 0.3 is 0 Å². The average Bonchev–Trinajstić information content (AvgIpc) is 2.44. The summed E-state index contributed by atoms with van der Waals surface area (Å²) in [6.07, 6.45) is -0.206. The topological polar surface area (TPSA) is 72.6 Å². The maximum Gasteiger partial charge on any atom is 0.243 e. The van der Waals surface area contributed by atoms with Gasteiger partial charge < -0.3 is 10.5 Å². The Labute approximate surface area is 128 Å². The van der Waals surface area contributed by atoms with Gasteiger partial charge in [-0.25, -0.2) is 12.8 Å². The van der Waals surface area contributed by atoms with Crippen LogP contribution in [-0.4, -0.2) is 38.0 Å². The normalized spacial score (nSPS) is 24.2. The first-order chi connectivity index (χ1) is 9.77. The number of sulfonamides is 1. The van der Waals surface area contributed by atoms with Gasteiger partial charge in [-0.1, -0.05) is 11.6 Å². The molecule has 0 radical (unpaired) electrons. The summed E-state index contributed by atoms with van der Waals surface area (Å²) in [7, 11) is -3.82. The average molecular weight is 337 g/mol. The standard InChI is InChI=1S/C13H18ClFN2O3S/c1-8-7-20-9(2)6-17(8)21(18,19)11-3-10(5-16)13(14)12(15)4-11/h3-4,8-9H,5-7,16H2,1-2H3. The number of nitrogens with zero attached hydrogens (tertiary/aromatic N) is 1. The SMILES string of the molecule is CC1CN(S(=O)(=O)c2cc(F)c(Cl)c(CN)c2)C(C)CO1. The molecule has 0 bridgehead atoms. The third-order valence-corrected chi connectivity index (χ3v) is 5.84. The van der Waals surface area contributed by atoms with Crippen molar-refractivity contribution in [1.29, 1.82) is 0 Å². The predicted molar refractivity (Wildman–Crippen MR) is 78.1 cm³/mol. The molecule has 1 fully saturated rings. The van der Waals surface area contributed by atoms with Crippen molar-refractivity contribution < 1.29 is 17.5 Å². The fraction of sp³-hybridized carbons (Fsp3) is 0.538. The third kappa shape index (κ3) is 3.22. The Kier molecular flexibility index (Phi) is 4.89. The van der Waals surface area contributed by atoms with Crippen molar-refractivity contribution in [3.63, 3.8) is 0 Å². The largest absolute Gasteiger partial charge is 0.375 e. The molecule has 8 heteroatoms. The van der Waals surface area contributed by atoms with E-state index in [1.807, 2.05) is 0 Å².